The molecule has 2 aromatic heterocycles. The fraction of sp³-hybridized carbons (Fsp3) is 0.214. The van der Waals surface area contributed by atoms with Crippen molar-refractivity contribution in [2.75, 3.05) is 18.4 Å². The molecule has 6 rings (SSSR count). The number of carbonyl (C=O) groups excluding carboxylic acids is 2. The van der Waals surface area contributed by atoms with Crippen LogP contribution in [0.15, 0.2) is 78.0 Å². The second-order valence-corrected chi connectivity index (χ2v) is 10.1. The second kappa shape index (κ2) is 9.70. The molecule has 2 aromatic carbocycles. The lowest BCUT2D eigenvalue weighted by atomic mass is 9.89. The number of pyridine rings is 1. The molecular formula is C28H23ClFN5O4. The molecule has 0 radical (unpaired) electrons. The molecule has 2 amide bonds. The molecule has 0 saturated carbocycles. The highest BCUT2D eigenvalue weighted by molar-refractivity contribution is 6.31. The van der Waals surface area contributed by atoms with E-state index in [2.05, 4.69) is 10.4 Å². The molecule has 0 bridgehead atoms. The maximum absolute atomic E-state index is 15.0. The van der Waals surface area contributed by atoms with Gasteiger partial charge in [-0.25, -0.2) is 9.18 Å². The summed E-state index contributed by atoms with van der Waals surface area (Å²) < 4.78 is 23.9. The summed E-state index contributed by atoms with van der Waals surface area (Å²) in [5.74, 6) is -0.960. The number of fused-ring (bicyclic) bond motifs is 2. The molecule has 0 unspecified atom stereocenters. The number of ether oxygens (including phenoxy) is 1. The normalized spacial score (nSPS) is 18.1. The number of anilines is 1. The third-order valence-corrected chi connectivity index (χ3v) is 7.39. The molecule has 2 aliphatic heterocycles. The van der Waals surface area contributed by atoms with Gasteiger partial charge in [0.1, 0.15) is 0 Å². The van der Waals surface area contributed by atoms with Crippen molar-refractivity contribution < 1.29 is 18.7 Å². The first-order valence-electron chi connectivity index (χ1n) is 12.3. The van der Waals surface area contributed by atoms with Crippen molar-refractivity contribution in [3.63, 3.8) is 0 Å². The van der Waals surface area contributed by atoms with Crippen LogP contribution in [0.2, 0.25) is 5.02 Å². The summed E-state index contributed by atoms with van der Waals surface area (Å²) >= 11 is 6.01. The number of carbonyl (C=O) groups is 2. The van der Waals surface area contributed by atoms with Gasteiger partial charge < -0.3 is 14.2 Å². The summed E-state index contributed by atoms with van der Waals surface area (Å²) in [6, 6.07) is 15.8. The van der Waals surface area contributed by atoms with Gasteiger partial charge in [0.2, 0.25) is 0 Å². The van der Waals surface area contributed by atoms with Gasteiger partial charge in [-0.15, -0.1) is 0 Å². The molecule has 4 aromatic rings. The van der Waals surface area contributed by atoms with E-state index in [0.29, 0.717) is 18.7 Å². The Morgan fingerprint density at radius 1 is 1.08 bits per heavy atom. The van der Waals surface area contributed by atoms with Crippen LogP contribution in [0, 0.1) is 5.82 Å². The molecule has 1 saturated heterocycles. The van der Waals surface area contributed by atoms with Crippen molar-refractivity contribution in [2.45, 2.75) is 25.1 Å². The summed E-state index contributed by atoms with van der Waals surface area (Å²) in [6.45, 7) is 1.20. The molecule has 1 spiro atoms. The van der Waals surface area contributed by atoms with Crippen molar-refractivity contribution in [2.24, 2.45) is 0 Å². The number of hydrogen-bond donors (Lipinski definition) is 1. The summed E-state index contributed by atoms with van der Waals surface area (Å²) in [4.78, 5) is 39.0. The molecule has 4 heterocycles. The molecule has 39 heavy (non-hydrogen) atoms. The summed E-state index contributed by atoms with van der Waals surface area (Å²) in [5, 5.41) is 6.76. The van der Waals surface area contributed by atoms with Gasteiger partial charge in [0.25, 0.3) is 11.5 Å². The molecular weight excluding hydrogens is 525 g/mol. The second-order valence-electron chi connectivity index (χ2n) is 9.68. The number of rotatable bonds is 5. The number of amides is 2. The van der Waals surface area contributed by atoms with E-state index in [1.54, 1.807) is 27.7 Å². The van der Waals surface area contributed by atoms with Crippen LogP contribution in [0.5, 0.6) is 0 Å². The molecule has 0 aliphatic carbocycles. The smallest absolute Gasteiger partial charge is 0.412 e. The Labute approximate surface area is 227 Å². The molecule has 198 valence electrons. The fourth-order valence-corrected chi connectivity index (χ4v) is 5.33. The highest BCUT2D eigenvalue weighted by Gasteiger charge is 2.50. The summed E-state index contributed by atoms with van der Waals surface area (Å²) in [5.41, 5.74) is 1.41. The van der Waals surface area contributed by atoms with Crippen LogP contribution in [0.4, 0.5) is 14.9 Å². The van der Waals surface area contributed by atoms with Crippen LogP contribution in [-0.2, 0) is 23.4 Å². The minimum Gasteiger partial charge on any atom is -0.436 e. The average Bonchev–Trinajstić information content (AvgIpc) is 3.56. The van der Waals surface area contributed by atoms with E-state index in [1.165, 1.54) is 29.3 Å². The minimum atomic E-state index is -1.31. The highest BCUT2D eigenvalue weighted by Crippen LogP contribution is 2.45. The predicted octanol–water partition coefficient (Wildman–Crippen LogP) is 4.24. The topological polar surface area (TPSA) is 98.5 Å². The van der Waals surface area contributed by atoms with Crippen LogP contribution in [-0.4, -0.2) is 44.3 Å². The van der Waals surface area contributed by atoms with Gasteiger partial charge in [-0.2, -0.15) is 5.10 Å². The van der Waals surface area contributed by atoms with Gasteiger partial charge >= 0.3 is 6.09 Å². The van der Waals surface area contributed by atoms with Gasteiger partial charge in [-0.05, 0) is 29.3 Å². The number of likely N-dealkylation sites (tertiary alicyclic amines) is 1. The molecule has 9 nitrogen and oxygen atoms in total. The number of nitrogens with one attached hydrogen (secondary N) is 1. The Hall–Kier alpha value is -4.44. The fourth-order valence-electron chi connectivity index (χ4n) is 5.18. The Kier molecular flexibility index (Phi) is 6.19. The minimum absolute atomic E-state index is 0.000653. The van der Waals surface area contributed by atoms with Crippen molar-refractivity contribution in [1.82, 2.24) is 19.2 Å². The molecule has 1 N–H and O–H groups in total. The number of nitrogens with zero attached hydrogens (tertiary/aromatic N) is 4. The van der Waals surface area contributed by atoms with E-state index < -0.39 is 17.5 Å². The van der Waals surface area contributed by atoms with Gasteiger partial charge in [-0.3, -0.25) is 19.6 Å². The van der Waals surface area contributed by atoms with E-state index in [4.69, 9.17) is 16.3 Å². The van der Waals surface area contributed by atoms with E-state index in [-0.39, 0.29) is 47.3 Å². The third kappa shape index (κ3) is 4.67. The van der Waals surface area contributed by atoms with E-state index >= 15 is 4.39 Å². The number of aromatic nitrogens is 3. The number of hydrogen-bond acceptors (Lipinski definition) is 5. The van der Waals surface area contributed by atoms with Crippen molar-refractivity contribution in [3.8, 4) is 0 Å². The third-order valence-electron chi connectivity index (χ3n) is 7.09. The Balaban J connectivity index is 1.14. The SMILES string of the molecule is O=C1Nc2ccc(Cl)c(F)c2[C@]2(CCN(C(=O)c3cnn(Cc4ccc(Cn5ccccc5=O)cc4)c3)C2)O1. The van der Waals surface area contributed by atoms with Crippen LogP contribution in [0.3, 0.4) is 0 Å². The van der Waals surface area contributed by atoms with Crippen molar-refractivity contribution in [1.29, 1.82) is 0 Å². The van der Waals surface area contributed by atoms with Gasteiger partial charge in [0.05, 0.1) is 47.7 Å². The zero-order chi connectivity index (χ0) is 27.1. The van der Waals surface area contributed by atoms with Crippen LogP contribution < -0.4 is 10.9 Å². The standard InChI is InChI=1S/C28H23ClFN5O4/c29-21-8-9-22-24(25(21)30)28(39-27(38)32-22)10-12-34(17-28)26(37)20-13-31-35(16-20)15-19-6-4-18(5-7-19)14-33-11-2-1-3-23(33)36/h1-9,11,13,16H,10,12,14-15,17H2,(H,32,38)/t28-/m1/s1. The van der Waals surface area contributed by atoms with Gasteiger partial charge in [-0.1, -0.05) is 41.9 Å². The molecule has 1 atom stereocenters. The van der Waals surface area contributed by atoms with E-state index in [0.717, 1.165) is 11.1 Å². The molecule has 1 fully saturated rings. The van der Waals surface area contributed by atoms with Crippen molar-refractivity contribution >= 4 is 29.3 Å². The van der Waals surface area contributed by atoms with E-state index in [9.17, 15) is 14.4 Å². The lowest BCUT2D eigenvalue weighted by Gasteiger charge is -2.35. The van der Waals surface area contributed by atoms with E-state index in [1.807, 2.05) is 30.3 Å². The molecule has 11 heteroatoms. The first-order chi connectivity index (χ1) is 18.8. The first kappa shape index (κ1) is 24.9. The lowest BCUT2D eigenvalue weighted by Crippen LogP contribution is -2.43. The zero-order valence-corrected chi connectivity index (χ0v) is 21.4. The van der Waals surface area contributed by atoms with Crippen LogP contribution in [0.1, 0.15) is 33.5 Å². The Bertz CT molecular complexity index is 1650. The lowest BCUT2D eigenvalue weighted by molar-refractivity contribution is 0.0158. The zero-order valence-electron chi connectivity index (χ0n) is 20.6. The van der Waals surface area contributed by atoms with Gasteiger partial charge in [0.15, 0.2) is 11.4 Å². The monoisotopic (exact) mass is 547 g/mol. The van der Waals surface area contributed by atoms with Crippen LogP contribution >= 0.6 is 11.6 Å². The largest absolute Gasteiger partial charge is 0.436 e. The Morgan fingerprint density at radius 2 is 1.85 bits per heavy atom. The maximum Gasteiger partial charge on any atom is 0.412 e. The highest BCUT2D eigenvalue weighted by atomic mass is 35.5. The molecule has 2 aliphatic rings. The van der Waals surface area contributed by atoms with Gasteiger partial charge in [0, 0.05) is 31.4 Å². The average molecular weight is 548 g/mol. The van der Waals surface area contributed by atoms with Crippen LogP contribution in [0.25, 0.3) is 0 Å². The summed E-state index contributed by atoms with van der Waals surface area (Å²) in [7, 11) is 0. The maximum atomic E-state index is 15.0. The Morgan fingerprint density at radius 3 is 2.62 bits per heavy atom. The number of benzene rings is 2. The summed E-state index contributed by atoms with van der Waals surface area (Å²) in [6.07, 6.45) is 4.44. The first-order valence-corrected chi connectivity index (χ1v) is 12.7. The van der Waals surface area contributed by atoms with Crippen molar-refractivity contribution in [3.05, 3.63) is 117 Å². The quantitative estimate of drug-likeness (QED) is 0.403. The number of halogens is 2. The predicted molar refractivity (Wildman–Crippen MR) is 141 cm³/mol.